The van der Waals surface area contributed by atoms with Crippen LogP contribution in [0, 0.1) is 5.92 Å². The highest BCUT2D eigenvalue weighted by molar-refractivity contribution is 6.31. The van der Waals surface area contributed by atoms with Crippen LogP contribution >= 0.6 is 11.6 Å². The molecule has 0 bridgehead atoms. The van der Waals surface area contributed by atoms with Gasteiger partial charge in [0, 0.05) is 23.2 Å². The molecule has 3 heteroatoms. The summed E-state index contributed by atoms with van der Waals surface area (Å²) in [6, 6.07) is 8.74. The average Bonchev–Trinajstić information content (AvgIpc) is 3.26. The van der Waals surface area contributed by atoms with E-state index < -0.39 is 0 Å². The van der Waals surface area contributed by atoms with Crippen molar-refractivity contribution in [2.45, 2.75) is 37.8 Å². The van der Waals surface area contributed by atoms with Gasteiger partial charge in [-0.15, -0.1) is 0 Å². The van der Waals surface area contributed by atoms with Crippen molar-refractivity contribution < 1.29 is 4.74 Å². The second-order valence-corrected chi connectivity index (χ2v) is 5.88. The molecule has 18 heavy (non-hydrogen) atoms. The zero-order valence-corrected chi connectivity index (χ0v) is 11.3. The van der Waals surface area contributed by atoms with Crippen LogP contribution in [-0.2, 0) is 4.74 Å². The molecule has 1 atom stereocenters. The van der Waals surface area contributed by atoms with Gasteiger partial charge >= 0.3 is 0 Å². The van der Waals surface area contributed by atoms with Crippen molar-refractivity contribution in [3.8, 4) is 0 Å². The van der Waals surface area contributed by atoms with E-state index in [0.717, 1.165) is 29.7 Å². The lowest BCUT2D eigenvalue weighted by Crippen LogP contribution is -2.25. The van der Waals surface area contributed by atoms with Gasteiger partial charge in [0.05, 0.1) is 12.7 Å². The van der Waals surface area contributed by atoms with Gasteiger partial charge in [0.2, 0.25) is 0 Å². The maximum atomic E-state index is 6.27. The topological polar surface area (TPSA) is 21.3 Å². The molecule has 0 amide bonds. The lowest BCUT2D eigenvalue weighted by atomic mass is 10.1. The number of nitrogens with one attached hydrogen (secondary N) is 1. The van der Waals surface area contributed by atoms with E-state index in [1.54, 1.807) is 0 Å². The third-order valence-electron chi connectivity index (χ3n) is 3.65. The van der Waals surface area contributed by atoms with Gasteiger partial charge in [-0.3, -0.25) is 0 Å². The molecule has 1 unspecified atom stereocenters. The Balaban J connectivity index is 1.63. The molecule has 2 aliphatic rings. The summed E-state index contributed by atoms with van der Waals surface area (Å²) in [7, 11) is 0. The normalized spacial score (nSPS) is 20.9. The van der Waals surface area contributed by atoms with Crippen LogP contribution in [0.4, 0.5) is 0 Å². The molecule has 0 heterocycles. The fraction of sp³-hybridized carbons (Fsp3) is 0.600. The molecule has 0 radical (unpaired) electrons. The van der Waals surface area contributed by atoms with Crippen LogP contribution in [-0.4, -0.2) is 19.2 Å². The largest absolute Gasteiger partial charge is 0.372 e. The van der Waals surface area contributed by atoms with Crippen LogP contribution in [0.1, 0.15) is 37.4 Å². The summed E-state index contributed by atoms with van der Waals surface area (Å²) in [5.74, 6) is 0.788. The monoisotopic (exact) mass is 265 g/mol. The van der Waals surface area contributed by atoms with E-state index in [1.165, 1.54) is 25.7 Å². The molecule has 0 aromatic heterocycles. The van der Waals surface area contributed by atoms with Crippen molar-refractivity contribution >= 4 is 11.6 Å². The van der Waals surface area contributed by atoms with Gasteiger partial charge < -0.3 is 10.1 Å². The Morgan fingerprint density at radius 2 is 2.00 bits per heavy atom. The first-order valence-corrected chi connectivity index (χ1v) is 7.30. The Bertz CT molecular complexity index is 385. The first-order valence-electron chi connectivity index (χ1n) is 6.92. The molecule has 0 spiro atoms. The van der Waals surface area contributed by atoms with Crippen LogP contribution in [0.25, 0.3) is 0 Å². The van der Waals surface area contributed by atoms with Crippen molar-refractivity contribution in [1.29, 1.82) is 0 Å². The second kappa shape index (κ2) is 5.60. The van der Waals surface area contributed by atoms with Crippen LogP contribution in [0.3, 0.4) is 0 Å². The molecule has 1 aromatic carbocycles. The van der Waals surface area contributed by atoms with Gasteiger partial charge in [-0.2, -0.15) is 0 Å². The van der Waals surface area contributed by atoms with Crippen molar-refractivity contribution in [2.24, 2.45) is 5.92 Å². The van der Waals surface area contributed by atoms with Gasteiger partial charge in [0.1, 0.15) is 0 Å². The van der Waals surface area contributed by atoms with Gasteiger partial charge in [-0.05, 0) is 37.7 Å². The summed E-state index contributed by atoms with van der Waals surface area (Å²) in [5, 5.41) is 4.36. The van der Waals surface area contributed by atoms with Gasteiger partial charge in [0.15, 0.2) is 0 Å². The van der Waals surface area contributed by atoms with Gasteiger partial charge in [-0.25, -0.2) is 0 Å². The fourth-order valence-electron chi connectivity index (χ4n) is 2.09. The molecule has 3 rings (SSSR count). The lowest BCUT2D eigenvalue weighted by Gasteiger charge is -2.20. The quantitative estimate of drug-likeness (QED) is 0.814. The minimum Gasteiger partial charge on any atom is -0.372 e. The Morgan fingerprint density at radius 3 is 2.67 bits per heavy atom. The van der Waals surface area contributed by atoms with E-state index >= 15 is 0 Å². The van der Waals surface area contributed by atoms with Gasteiger partial charge in [0.25, 0.3) is 0 Å². The van der Waals surface area contributed by atoms with E-state index in [4.69, 9.17) is 16.3 Å². The molecule has 0 aliphatic heterocycles. The minimum absolute atomic E-state index is 0.0971. The molecule has 0 saturated heterocycles. The first kappa shape index (κ1) is 12.5. The van der Waals surface area contributed by atoms with Crippen LogP contribution in [0.5, 0.6) is 0 Å². The number of hydrogen-bond donors (Lipinski definition) is 1. The predicted octanol–water partition coefficient (Wildman–Crippen LogP) is 3.56. The lowest BCUT2D eigenvalue weighted by molar-refractivity contribution is 0.0450. The maximum absolute atomic E-state index is 6.27. The van der Waals surface area contributed by atoms with E-state index in [2.05, 4.69) is 11.4 Å². The zero-order chi connectivity index (χ0) is 12.4. The molecular weight excluding hydrogens is 246 g/mol. The third kappa shape index (κ3) is 3.47. The molecule has 98 valence electrons. The van der Waals surface area contributed by atoms with Crippen LogP contribution < -0.4 is 5.32 Å². The first-order chi connectivity index (χ1) is 8.83. The Morgan fingerprint density at radius 1 is 1.22 bits per heavy atom. The SMILES string of the molecule is Clc1ccccc1C(CNC1CC1)OCC1CC1. The Labute approximate surface area is 114 Å². The van der Waals surface area contributed by atoms with Gasteiger partial charge in [-0.1, -0.05) is 29.8 Å². The van der Waals surface area contributed by atoms with Crippen molar-refractivity contribution in [3.63, 3.8) is 0 Å². The number of hydrogen-bond acceptors (Lipinski definition) is 2. The summed E-state index contributed by atoms with van der Waals surface area (Å²) in [6.07, 6.45) is 5.35. The second-order valence-electron chi connectivity index (χ2n) is 5.47. The van der Waals surface area contributed by atoms with Crippen molar-refractivity contribution in [3.05, 3.63) is 34.9 Å². The summed E-state index contributed by atoms with van der Waals surface area (Å²) in [4.78, 5) is 0. The van der Waals surface area contributed by atoms with E-state index in [-0.39, 0.29) is 6.10 Å². The minimum atomic E-state index is 0.0971. The van der Waals surface area contributed by atoms with Crippen molar-refractivity contribution in [2.75, 3.05) is 13.2 Å². The molecular formula is C15H20ClNO. The zero-order valence-electron chi connectivity index (χ0n) is 10.6. The molecule has 2 fully saturated rings. The predicted molar refractivity (Wildman–Crippen MR) is 73.9 cm³/mol. The standard InChI is InChI=1S/C15H20ClNO/c16-14-4-2-1-3-13(14)15(9-17-12-7-8-12)18-10-11-5-6-11/h1-4,11-12,15,17H,5-10H2. The number of halogens is 1. The average molecular weight is 266 g/mol. The highest BCUT2D eigenvalue weighted by atomic mass is 35.5. The Hall–Kier alpha value is -0.570. The highest BCUT2D eigenvalue weighted by Crippen LogP contribution is 2.32. The molecule has 1 aromatic rings. The Kier molecular flexibility index (Phi) is 3.88. The van der Waals surface area contributed by atoms with Crippen LogP contribution in [0.15, 0.2) is 24.3 Å². The number of rotatable bonds is 7. The van der Waals surface area contributed by atoms with Crippen molar-refractivity contribution in [1.82, 2.24) is 5.32 Å². The fourth-order valence-corrected chi connectivity index (χ4v) is 2.35. The van der Waals surface area contributed by atoms with E-state index in [0.29, 0.717) is 6.04 Å². The summed E-state index contributed by atoms with van der Waals surface area (Å²) in [6.45, 7) is 1.75. The molecule has 1 N–H and O–H groups in total. The highest BCUT2D eigenvalue weighted by Gasteiger charge is 2.26. The summed E-state index contributed by atoms with van der Waals surface area (Å²) >= 11 is 6.27. The maximum Gasteiger partial charge on any atom is 0.0963 e. The molecule has 2 aliphatic carbocycles. The third-order valence-corrected chi connectivity index (χ3v) is 4.00. The van der Waals surface area contributed by atoms with E-state index in [9.17, 15) is 0 Å². The van der Waals surface area contributed by atoms with Crippen LogP contribution in [0.2, 0.25) is 5.02 Å². The van der Waals surface area contributed by atoms with E-state index in [1.807, 2.05) is 18.2 Å². The number of benzene rings is 1. The number of ether oxygens (including phenoxy) is 1. The summed E-state index contributed by atoms with van der Waals surface area (Å²) in [5.41, 5.74) is 1.12. The molecule has 2 nitrogen and oxygen atoms in total. The molecule has 2 saturated carbocycles. The summed E-state index contributed by atoms with van der Waals surface area (Å²) < 4.78 is 6.06. The smallest absolute Gasteiger partial charge is 0.0963 e.